The van der Waals surface area contributed by atoms with Crippen LogP contribution in [0.4, 0.5) is 17.5 Å². The zero-order valence-electron chi connectivity index (χ0n) is 14.7. The van der Waals surface area contributed by atoms with Crippen LogP contribution in [-0.2, 0) is 0 Å². The lowest BCUT2D eigenvalue weighted by Gasteiger charge is -2.21. The largest absolute Gasteiger partial charge is 0.350 e. The van der Waals surface area contributed by atoms with Gasteiger partial charge in [0.25, 0.3) is 0 Å². The Balaban J connectivity index is 2.01. The molecular formula is C19H19Cl2N5. The van der Waals surface area contributed by atoms with Crippen LogP contribution in [0.1, 0.15) is 20.8 Å². The Morgan fingerprint density at radius 2 is 1.69 bits per heavy atom. The monoisotopic (exact) mass is 387 g/mol. The van der Waals surface area contributed by atoms with Crippen molar-refractivity contribution >= 4 is 40.7 Å². The van der Waals surface area contributed by atoms with E-state index in [1.165, 1.54) is 0 Å². The average molecular weight is 388 g/mol. The molecule has 0 fully saturated rings. The van der Waals surface area contributed by atoms with Gasteiger partial charge in [0.2, 0.25) is 5.95 Å². The maximum absolute atomic E-state index is 6.08. The summed E-state index contributed by atoms with van der Waals surface area (Å²) in [7, 11) is 0. The first kappa shape index (κ1) is 18.4. The van der Waals surface area contributed by atoms with Gasteiger partial charge in [-0.15, -0.1) is 0 Å². The molecule has 26 heavy (non-hydrogen) atoms. The third kappa shape index (κ3) is 5.07. The number of nitrogens with zero attached hydrogens (tertiary/aromatic N) is 3. The van der Waals surface area contributed by atoms with Crippen LogP contribution < -0.4 is 10.6 Å². The second kappa shape index (κ2) is 7.48. The highest BCUT2D eigenvalue weighted by atomic mass is 35.5. The van der Waals surface area contributed by atoms with Crippen molar-refractivity contribution in [3.05, 3.63) is 58.8 Å². The third-order valence-electron chi connectivity index (χ3n) is 3.31. The van der Waals surface area contributed by atoms with E-state index in [0.717, 1.165) is 16.9 Å². The van der Waals surface area contributed by atoms with Crippen LogP contribution in [0.25, 0.3) is 11.3 Å². The molecule has 0 aliphatic rings. The van der Waals surface area contributed by atoms with E-state index >= 15 is 0 Å². The fourth-order valence-corrected chi connectivity index (χ4v) is 2.86. The highest BCUT2D eigenvalue weighted by Crippen LogP contribution is 2.27. The van der Waals surface area contributed by atoms with Crippen LogP contribution in [0.3, 0.4) is 0 Å². The molecule has 134 valence electrons. The predicted molar refractivity (Wildman–Crippen MR) is 108 cm³/mol. The Morgan fingerprint density at radius 1 is 0.962 bits per heavy atom. The van der Waals surface area contributed by atoms with E-state index in [-0.39, 0.29) is 5.54 Å². The summed E-state index contributed by atoms with van der Waals surface area (Å²) in [5.41, 5.74) is 2.24. The Hall–Kier alpha value is -2.37. The lowest BCUT2D eigenvalue weighted by Crippen LogP contribution is -2.27. The molecule has 0 aliphatic heterocycles. The average Bonchev–Trinajstić information content (AvgIpc) is 2.53. The van der Waals surface area contributed by atoms with Gasteiger partial charge in [-0.3, -0.25) is 4.98 Å². The number of anilines is 3. The molecule has 7 heteroatoms. The Kier molecular flexibility index (Phi) is 5.30. The normalized spacial score (nSPS) is 11.3. The molecular weight excluding hydrogens is 369 g/mol. The van der Waals surface area contributed by atoms with E-state index in [2.05, 4.69) is 46.4 Å². The van der Waals surface area contributed by atoms with Crippen molar-refractivity contribution in [1.29, 1.82) is 0 Å². The Morgan fingerprint density at radius 3 is 2.31 bits per heavy atom. The Labute approximate surface area is 162 Å². The highest BCUT2D eigenvalue weighted by molar-refractivity contribution is 6.35. The summed E-state index contributed by atoms with van der Waals surface area (Å²) in [6.45, 7) is 6.16. The molecule has 3 aromatic rings. The van der Waals surface area contributed by atoms with Gasteiger partial charge in [0.15, 0.2) is 0 Å². The zero-order valence-corrected chi connectivity index (χ0v) is 16.2. The van der Waals surface area contributed by atoms with Gasteiger partial charge in [-0.2, -0.15) is 4.98 Å². The van der Waals surface area contributed by atoms with Crippen molar-refractivity contribution in [1.82, 2.24) is 15.0 Å². The first-order valence-corrected chi connectivity index (χ1v) is 8.85. The van der Waals surface area contributed by atoms with Crippen molar-refractivity contribution in [3.8, 4) is 11.3 Å². The van der Waals surface area contributed by atoms with Crippen LogP contribution in [0.2, 0.25) is 10.0 Å². The molecule has 2 aromatic heterocycles. The summed E-state index contributed by atoms with van der Waals surface area (Å²) >= 11 is 12.2. The van der Waals surface area contributed by atoms with Gasteiger partial charge in [0.05, 0.1) is 5.69 Å². The van der Waals surface area contributed by atoms with Crippen LogP contribution in [0, 0.1) is 0 Å². The fraction of sp³-hybridized carbons (Fsp3) is 0.211. The molecule has 0 spiro atoms. The molecule has 0 unspecified atom stereocenters. The molecule has 2 heterocycles. The predicted octanol–water partition coefficient (Wildman–Crippen LogP) is 5.80. The van der Waals surface area contributed by atoms with Gasteiger partial charge >= 0.3 is 0 Å². The van der Waals surface area contributed by atoms with E-state index in [1.807, 2.05) is 18.2 Å². The third-order valence-corrected chi connectivity index (χ3v) is 3.74. The SMILES string of the molecule is CC(C)(C)Nc1nc(Nc2cc(Cl)cc(Cl)c2)cc(-c2cccnc2)n1. The van der Waals surface area contributed by atoms with Gasteiger partial charge < -0.3 is 10.6 Å². The lowest BCUT2D eigenvalue weighted by atomic mass is 10.1. The zero-order chi connectivity index (χ0) is 18.7. The second-order valence-corrected chi connectivity index (χ2v) is 7.73. The maximum atomic E-state index is 6.08. The summed E-state index contributed by atoms with van der Waals surface area (Å²) in [4.78, 5) is 13.3. The first-order chi connectivity index (χ1) is 12.3. The van der Waals surface area contributed by atoms with Gasteiger partial charge in [0.1, 0.15) is 5.82 Å². The minimum Gasteiger partial charge on any atom is -0.350 e. The molecule has 2 N–H and O–H groups in total. The number of hydrogen-bond donors (Lipinski definition) is 2. The number of aromatic nitrogens is 3. The highest BCUT2D eigenvalue weighted by Gasteiger charge is 2.14. The summed E-state index contributed by atoms with van der Waals surface area (Å²) in [5.74, 6) is 1.15. The maximum Gasteiger partial charge on any atom is 0.225 e. The van der Waals surface area contributed by atoms with E-state index in [1.54, 1.807) is 30.6 Å². The van der Waals surface area contributed by atoms with Crippen molar-refractivity contribution in [2.75, 3.05) is 10.6 Å². The van der Waals surface area contributed by atoms with Gasteiger partial charge in [0, 0.05) is 45.3 Å². The minimum atomic E-state index is -0.176. The van der Waals surface area contributed by atoms with Gasteiger partial charge in [-0.05, 0) is 51.1 Å². The summed E-state index contributed by atoms with van der Waals surface area (Å²) in [6.07, 6.45) is 3.50. The molecule has 0 radical (unpaired) electrons. The van der Waals surface area contributed by atoms with Crippen LogP contribution in [0.5, 0.6) is 0 Å². The minimum absolute atomic E-state index is 0.176. The molecule has 3 rings (SSSR count). The molecule has 0 atom stereocenters. The van der Waals surface area contributed by atoms with Gasteiger partial charge in [-0.1, -0.05) is 23.2 Å². The quantitative estimate of drug-likeness (QED) is 0.592. The lowest BCUT2D eigenvalue weighted by molar-refractivity contribution is 0.626. The molecule has 0 saturated heterocycles. The number of halogens is 2. The summed E-state index contributed by atoms with van der Waals surface area (Å²) < 4.78 is 0. The number of hydrogen-bond acceptors (Lipinski definition) is 5. The molecule has 1 aromatic carbocycles. The number of nitrogens with one attached hydrogen (secondary N) is 2. The first-order valence-electron chi connectivity index (χ1n) is 8.09. The van der Waals surface area contributed by atoms with Crippen LogP contribution in [0.15, 0.2) is 48.8 Å². The smallest absolute Gasteiger partial charge is 0.225 e. The van der Waals surface area contributed by atoms with Crippen molar-refractivity contribution in [3.63, 3.8) is 0 Å². The molecule has 5 nitrogen and oxygen atoms in total. The number of rotatable bonds is 4. The standard InChI is InChI=1S/C19H19Cl2N5/c1-19(2,3)26-18-24-16(12-5-4-6-22-11-12)10-17(25-18)23-15-8-13(20)7-14(21)9-15/h4-11H,1-3H3,(H2,23,24,25,26). The topological polar surface area (TPSA) is 62.7 Å². The van der Waals surface area contributed by atoms with Crippen molar-refractivity contribution in [2.24, 2.45) is 0 Å². The van der Waals surface area contributed by atoms with E-state index in [4.69, 9.17) is 23.2 Å². The number of pyridine rings is 1. The molecule has 0 aliphatic carbocycles. The molecule has 0 saturated carbocycles. The summed E-state index contributed by atoms with van der Waals surface area (Å²) in [6, 6.07) is 10.9. The van der Waals surface area contributed by atoms with E-state index < -0.39 is 0 Å². The van der Waals surface area contributed by atoms with Gasteiger partial charge in [-0.25, -0.2) is 4.98 Å². The Bertz CT molecular complexity index is 887. The van der Waals surface area contributed by atoms with Crippen LogP contribution in [-0.4, -0.2) is 20.5 Å². The fourth-order valence-electron chi connectivity index (χ4n) is 2.34. The molecule has 0 amide bonds. The van der Waals surface area contributed by atoms with Crippen molar-refractivity contribution in [2.45, 2.75) is 26.3 Å². The molecule has 0 bridgehead atoms. The number of benzene rings is 1. The van der Waals surface area contributed by atoms with E-state index in [9.17, 15) is 0 Å². The van der Waals surface area contributed by atoms with E-state index in [0.29, 0.717) is 21.8 Å². The second-order valence-electron chi connectivity index (χ2n) is 6.86. The summed E-state index contributed by atoms with van der Waals surface area (Å²) in [5, 5.41) is 7.65. The van der Waals surface area contributed by atoms with Crippen molar-refractivity contribution < 1.29 is 0 Å². The van der Waals surface area contributed by atoms with Crippen LogP contribution >= 0.6 is 23.2 Å².